The Kier molecular flexibility index (Phi) is 3.56. The van der Waals surface area contributed by atoms with E-state index < -0.39 is 0 Å². The van der Waals surface area contributed by atoms with Crippen LogP contribution in [0.3, 0.4) is 0 Å². The molecule has 0 unspecified atom stereocenters. The summed E-state index contributed by atoms with van der Waals surface area (Å²) < 4.78 is 2.45. The van der Waals surface area contributed by atoms with Crippen molar-refractivity contribution in [3.05, 3.63) is 35.5 Å². The Morgan fingerprint density at radius 3 is 2.65 bits per heavy atom. The lowest BCUT2D eigenvalue weighted by Crippen LogP contribution is -2.05. The molecule has 1 aliphatic heterocycles. The topological polar surface area (TPSA) is 4.93 Å². The average Bonchev–Trinajstić information content (AvgIpc) is 2.74. The van der Waals surface area contributed by atoms with Gasteiger partial charge in [0.25, 0.3) is 0 Å². The molecule has 1 aromatic carbocycles. The van der Waals surface area contributed by atoms with Crippen LogP contribution in [-0.4, -0.2) is 4.57 Å². The van der Waals surface area contributed by atoms with Gasteiger partial charge in [0.2, 0.25) is 0 Å². The molecule has 0 saturated carbocycles. The average molecular weight is 229 g/mol. The highest BCUT2D eigenvalue weighted by Gasteiger charge is 2.16. The molecule has 1 aromatic heterocycles. The van der Waals surface area contributed by atoms with Gasteiger partial charge in [0.15, 0.2) is 0 Å². The second-order valence-electron chi connectivity index (χ2n) is 4.85. The van der Waals surface area contributed by atoms with Gasteiger partial charge in [-0.05, 0) is 29.9 Å². The van der Waals surface area contributed by atoms with Crippen molar-refractivity contribution in [2.45, 2.75) is 53.0 Å². The van der Waals surface area contributed by atoms with E-state index in [9.17, 15) is 0 Å². The number of hydrogen-bond donors (Lipinski definition) is 0. The van der Waals surface area contributed by atoms with Crippen molar-refractivity contribution in [1.29, 1.82) is 0 Å². The summed E-state index contributed by atoms with van der Waals surface area (Å²) in [6.45, 7) is 9.76. The SMILES string of the molecule is CC.CC(C)c1cn2c3c(cccc13)CCC2. The van der Waals surface area contributed by atoms with Gasteiger partial charge in [-0.25, -0.2) is 0 Å². The third-order valence-electron chi connectivity index (χ3n) is 3.48. The van der Waals surface area contributed by atoms with Crippen molar-refractivity contribution in [2.24, 2.45) is 0 Å². The van der Waals surface area contributed by atoms with Crippen molar-refractivity contribution in [1.82, 2.24) is 4.57 Å². The number of nitrogens with zero attached hydrogens (tertiary/aromatic N) is 1. The molecule has 1 heteroatoms. The van der Waals surface area contributed by atoms with Crippen molar-refractivity contribution in [3.8, 4) is 0 Å². The predicted molar refractivity (Wildman–Crippen MR) is 75.7 cm³/mol. The maximum atomic E-state index is 2.45. The minimum absolute atomic E-state index is 0.627. The van der Waals surface area contributed by atoms with E-state index >= 15 is 0 Å². The standard InChI is InChI=1S/C14H17N.C2H6/c1-10(2)13-9-15-8-4-6-11-5-3-7-12(13)14(11)15;1-2/h3,5,7,9-10H,4,6,8H2,1-2H3;1-2H3. The molecule has 0 radical (unpaired) electrons. The number of aromatic nitrogens is 1. The fourth-order valence-corrected chi connectivity index (χ4v) is 2.74. The van der Waals surface area contributed by atoms with Crippen LogP contribution in [0.25, 0.3) is 10.9 Å². The molecule has 0 saturated heterocycles. The van der Waals surface area contributed by atoms with Crippen LogP contribution in [0, 0.1) is 0 Å². The lowest BCUT2D eigenvalue weighted by molar-refractivity contribution is 0.633. The first-order chi connectivity index (χ1) is 8.27. The van der Waals surface area contributed by atoms with Crippen LogP contribution in [0.15, 0.2) is 24.4 Å². The largest absolute Gasteiger partial charge is 0.347 e. The molecule has 0 N–H and O–H groups in total. The number of benzene rings is 1. The summed E-state index contributed by atoms with van der Waals surface area (Å²) in [4.78, 5) is 0. The first kappa shape index (κ1) is 12.2. The van der Waals surface area contributed by atoms with Gasteiger partial charge in [-0.2, -0.15) is 0 Å². The summed E-state index contributed by atoms with van der Waals surface area (Å²) in [5, 5.41) is 1.47. The molecule has 17 heavy (non-hydrogen) atoms. The second-order valence-corrected chi connectivity index (χ2v) is 4.85. The van der Waals surface area contributed by atoms with Gasteiger partial charge in [-0.3, -0.25) is 0 Å². The van der Waals surface area contributed by atoms with Crippen LogP contribution in [0.4, 0.5) is 0 Å². The molecule has 0 fully saturated rings. The first-order valence-corrected chi connectivity index (χ1v) is 6.88. The van der Waals surface area contributed by atoms with Gasteiger partial charge in [-0.15, -0.1) is 0 Å². The minimum Gasteiger partial charge on any atom is -0.347 e. The summed E-state index contributed by atoms with van der Waals surface area (Å²) in [6.07, 6.45) is 4.90. The van der Waals surface area contributed by atoms with E-state index in [1.807, 2.05) is 13.8 Å². The first-order valence-electron chi connectivity index (χ1n) is 6.88. The molecule has 2 heterocycles. The second kappa shape index (κ2) is 4.95. The molecule has 1 nitrogen and oxygen atoms in total. The Bertz CT molecular complexity index is 505. The molecule has 92 valence electrons. The summed E-state index contributed by atoms with van der Waals surface area (Å²) in [5.41, 5.74) is 4.53. The third kappa shape index (κ3) is 1.99. The highest BCUT2D eigenvalue weighted by atomic mass is 15.0. The number of para-hydroxylation sites is 1. The van der Waals surface area contributed by atoms with E-state index in [2.05, 4.69) is 42.8 Å². The van der Waals surface area contributed by atoms with Gasteiger partial charge >= 0.3 is 0 Å². The molecular formula is C16H23N. The fourth-order valence-electron chi connectivity index (χ4n) is 2.74. The fraction of sp³-hybridized carbons (Fsp3) is 0.500. The molecule has 0 bridgehead atoms. The van der Waals surface area contributed by atoms with Gasteiger partial charge in [0, 0.05) is 18.1 Å². The number of hydrogen-bond acceptors (Lipinski definition) is 0. The minimum atomic E-state index is 0.627. The van der Waals surface area contributed by atoms with E-state index in [0.717, 1.165) is 0 Å². The molecule has 0 amide bonds. The maximum absolute atomic E-state index is 2.45. The van der Waals surface area contributed by atoms with E-state index in [0.29, 0.717) is 5.92 Å². The highest BCUT2D eigenvalue weighted by molar-refractivity contribution is 5.87. The van der Waals surface area contributed by atoms with E-state index in [-0.39, 0.29) is 0 Å². The summed E-state index contributed by atoms with van der Waals surface area (Å²) >= 11 is 0. The Balaban J connectivity index is 0.000000514. The summed E-state index contributed by atoms with van der Waals surface area (Å²) in [6, 6.07) is 6.76. The quantitative estimate of drug-likeness (QED) is 0.665. The Labute approximate surface area is 104 Å². The molecule has 2 aromatic rings. The van der Waals surface area contributed by atoms with Crippen LogP contribution in [-0.2, 0) is 13.0 Å². The van der Waals surface area contributed by atoms with E-state index in [4.69, 9.17) is 0 Å². The van der Waals surface area contributed by atoms with Crippen molar-refractivity contribution < 1.29 is 0 Å². The Morgan fingerprint density at radius 2 is 1.94 bits per heavy atom. The normalized spacial score (nSPS) is 13.7. The van der Waals surface area contributed by atoms with Crippen LogP contribution in [0.5, 0.6) is 0 Å². The zero-order chi connectivity index (χ0) is 12.4. The smallest absolute Gasteiger partial charge is 0.0515 e. The van der Waals surface area contributed by atoms with E-state index in [1.165, 1.54) is 41.4 Å². The van der Waals surface area contributed by atoms with Gasteiger partial charge < -0.3 is 4.57 Å². The van der Waals surface area contributed by atoms with Crippen LogP contribution < -0.4 is 0 Å². The predicted octanol–water partition coefficient (Wildman–Crippen LogP) is 4.74. The Hall–Kier alpha value is -1.24. The Morgan fingerprint density at radius 1 is 1.18 bits per heavy atom. The zero-order valence-electron chi connectivity index (χ0n) is 11.5. The molecule has 3 rings (SSSR count). The molecular weight excluding hydrogens is 206 g/mol. The van der Waals surface area contributed by atoms with Crippen LogP contribution in [0.1, 0.15) is 51.2 Å². The van der Waals surface area contributed by atoms with Gasteiger partial charge in [0.1, 0.15) is 0 Å². The monoisotopic (exact) mass is 229 g/mol. The highest BCUT2D eigenvalue weighted by Crippen LogP contribution is 2.32. The van der Waals surface area contributed by atoms with Gasteiger partial charge in [-0.1, -0.05) is 45.9 Å². The van der Waals surface area contributed by atoms with Crippen molar-refractivity contribution in [2.75, 3.05) is 0 Å². The van der Waals surface area contributed by atoms with Gasteiger partial charge in [0.05, 0.1) is 5.52 Å². The molecule has 1 aliphatic rings. The van der Waals surface area contributed by atoms with Crippen molar-refractivity contribution >= 4 is 10.9 Å². The van der Waals surface area contributed by atoms with Crippen LogP contribution in [0.2, 0.25) is 0 Å². The number of aryl methyl sites for hydroxylation is 2. The zero-order valence-corrected chi connectivity index (χ0v) is 11.5. The summed E-state index contributed by atoms with van der Waals surface area (Å²) in [7, 11) is 0. The number of rotatable bonds is 1. The van der Waals surface area contributed by atoms with Crippen molar-refractivity contribution in [3.63, 3.8) is 0 Å². The molecule has 0 spiro atoms. The van der Waals surface area contributed by atoms with E-state index in [1.54, 1.807) is 0 Å². The molecule has 0 aliphatic carbocycles. The van der Waals surface area contributed by atoms with Crippen LogP contribution >= 0.6 is 0 Å². The lowest BCUT2D eigenvalue weighted by Gasteiger charge is -2.14. The summed E-state index contributed by atoms with van der Waals surface area (Å²) in [5.74, 6) is 0.627. The third-order valence-corrected chi connectivity index (χ3v) is 3.48. The maximum Gasteiger partial charge on any atom is 0.0515 e. The lowest BCUT2D eigenvalue weighted by atomic mass is 9.99. The molecule has 0 atom stereocenters.